The average molecular weight is 295 g/mol. The molecule has 0 aromatic carbocycles. The zero-order valence-electron chi connectivity index (χ0n) is 14.3. The van der Waals surface area contributed by atoms with E-state index in [2.05, 4.69) is 32.6 Å². The van der Waals surface area contributed by atoms with Crippen LogP contribution in [0.2, 0.25) is 0 Å². The normalized spacial score (nSPS) is 33.0. The number of hydrogen-bond acceptors (Lipinski definition) is 2. The Morgan fingerprint density at radius 2 is 1.67 bits per heavy atom. The summed E-state index contributed by atoms with van der Waals surface area (Å²) in [5, 5.41) is 9.76. The molecule has 0 amide bonds. The molecule has 0 atom stereocenters. The van der Waals surface area contributed by atoms with Crippen molar-refractivity contribution in [1.29, 1.82) is 0 Å². The average Bonchev–Trinajstić information content (AvgIpc) is 2.41. The number of carboxylic acids is 1. The van der Waals surface area contributed by atoms with Crippen molar-refractivity contribution in [3.05, 3.63) is 0 Å². The van der Waals surface area contributed by atoms with Crippen LogP contribution in [0.25, 0.3) is 0 Å². The maximum Gasteiger partial charge on any atom is 0.310 e. The highest BCUT2D eigenvalue weighted by atomic mass is 16.4. The number of likely N-dealkylation sites (tertiary alicyclic amines) is 1. The maximum atomic E-state index is 11.9. The third-order valence-electron chi connectivity index (χ3n) is 6.02. The molecule has 3 heteroatoms. The minimum atomic E-state index is -0.563. The lowest BCUT2D eigenvalue weighted by Gasteiger charge is -2.43. The van der Waals surface area contributed by atoms with E-state index in [1.807, 2.05) is 0 Å². The summed E-state index contributed by atoms with van der Waals surface area (Å²) in [7, 11) is 0. The summed E-state index contributed by atoms with van der Waals surface area (Å²) < 4.78 is 0. The Labute approximate surface area is 130 Å². The van der Waals surface area contributed by atoms with Crippen LogP contribution >= 0.6 is 0 Å². The van der Waals surface area contributed by atoms with Gasteiger partial charge in [-0.15, -0.1) is 0 Å². The Hall–Kier alpha value is -0.570. The molecule has 0 spiro atoms. The van der Waals surface area contributed by atoms with Gasteiger partial charge in [0.2, 0.25) is 0 Å². The highest BCUT2D eigenvalue weighted by Gasteiger charge is 2.43. The van der Waals surface area contributed by atoms with Gasteiger partial charge in [-0.3, -0.25) is 4.79 Å². The van der Waals surface area contributed by atoms with Gasteiger partial charge in [-0.2, -0.15) is 0 Å². The quantitative estimate of drug-likeness (QED) is 0.854. The van der Waals surface area contributed by atoms with Crippen molar-refractivity contribution < 1.29 is 9.90 Å². The van der Waals surface area contributed by atoms with Crippen LogP contribution in [0.15, 0.2) is 0 Å². The van der Waals surface area contributed by atoms with Crippen LogP contribution < -0.4 is 0 Å². The fourth-order valence-electron chi connectivity index (χ4n) is 4.14. The number of carbonyl (C=O) groups is 1. The molecular weight excluding hydrogens is 262 g/mol. The molecule has 0 aromatic rings. The van der Waals surface area contributed by atoms with E-state index in [-0.39, 0.29) is 0 Å². The van der Waals surface area contributed by atoms with E-state index >= 15 is 0 Å². The summed E-state index contributed by atoms with van der Waals surface area (Å²) in [5.74, 6) is 0.914. The number of piperidine rings is 1. The van der Waals surface area contributed by atoms with E-state index in [9.17, 15) is 9.90 Å². The molecule has 1 saturated carbocycles. The van der Waals surface area contributed by atoms with Gasteiger partial charge in [-0.25, -0.2) is 0 Å². The second-order valence-corrected chi connectivity index (χ2v) is 8.68. The maximum absolute atomic E-state index is 11.9. The molecule has 0 aromatic heterocycles. The van der Waals surface area contributed by atoms with Gasteiger partial charge in [0.25, 0.3) is 0 Å². The SMILES string of the molecule is CC1CCC(CN2CCC(C(C)(C)C)CC2)(C(=O)O)CC1. The molecular formula is C18H33NO2. The van der Waals surface area contributed by atoms with E-state index in [0.29, 0.717) is 11.3 Å². The molecule has 0 unspecified atom stereocenters. The van der Waals surface area contributed by atoms with Crippen molar-refractivity contribution in [2.24, 2.45) is 22.7 Å². The fourth-order valence-corrected chi connectivity index (χ4v) is 4.14. The Morgan fingerprint density at radius 1 is 1.14 bits per heavy atom. The molecule has 1 aliphatic heterocycles. The minimum Gasteiger partial charge on any atom is -0.481 e. The van der Waals surface area contributed by atoms with E-state index in [1.54, 1.807) is 0 Å². The van der Waals surface area contributed by atoms with Crippen LogP contribution in [-0.4, -0.2) is 35.6 Å². The topological polar surface area (TPSA) is 40.5 Å². The van der Waals surface area contributed by atoms with Gasteiger partial charge < -0.3 is 10.0 Å². The van der Waals surface area contributed by atoms with Crippen LogP contribution in [0, 0.1) is 22.7 Å². The Balaban J connectivity index is 1.93. The number of nitrogens with zero attached hydrogens (tertiary/aromatic N) is 1. The molecule has 0 bridgehead atoms. The Bertz CT molecular complexity index is 356. The lowest BCUT2D eigenvalue weighted by molar-refractivity contribution is -0.153. The first kappa shape index (κ1) is 16.8. The van der Waals surface area contributed by atoms with Crippen molar-refractivity contribution in [1.82, 2.24) is 4.90 Å². The number of aliphatic carboxylic acids is 1. The van der Waals surface area contributed by atoms with E-state index in [0.717, 1.165) is 51.2 Å². The summed E-state index contributed by atoms with van der Waals surface area (Å²) in [4.78, 5) is 14.3. The number of carboxylic acid groups (broad SMARTS) is 1. The van der Waals surface area contributed by atoms with E-state index in [4.69, 9.17) is 0 Å². The predicted molar refractivity (Wildman–Crippen MR) is 86.3 cm³/mol. The van der Waals surface area contributed by atoms with Crippen molar-refractivity contribution in [3.63, 3.8) is 0 Å². The number of rotatable bonds is 3. The van der Waals surface area contributed by atoms with E-state index < -0.39 is 11.4 Å². The zero-order valence-corrected chi connectivity index (χ0v) is 14.3. The molecule has 2 fully saturated rings. The van der Waals surface area contributed by atoms with Gasteiger partial charge in [0.05, 0.1) is 5.41 Å². The Morgan fingerprint density at radius 3 is 2.10 bits per heavy atom. The van der Waals surface area contributed by atoms with Gasteiger partial charge in [0.15, 0.2) is 0 Å². The van der Waals surface area contributed by atoms with Crippen LogP contribution in [0.1, 0.15) is 66.2 Å². The summed E-state index contributed by atoms with van der Waals surface area (Å²) in [6, 6.07) is 0. The van der Waals surface area contributed by atoms with E-state index in [1.165, 1.54) is 12.8 Å². The highest BCUT2D eigenvalue weighted by Crippen LogP contribution is 2.41. The van der Waals surface area contributed by atoms with Gasteiger partial charge in [-0.1, -0.05) is 27.7 Å². The van der Waals surface area contributed by atoms with Gasteiger partial charge in [0, 0.05) is 6.54 Å². The molecule has 21 heavy (non-hydrogen) atoms. The smallest absolute Gasteiger partial charge is 0.310 e. The third kappa shape index (κ3) is 4.00. The lowest BCUT2D eigenvalue weighted by Crippen LogP contribution is -2.48. The Kier molecular flexibility index (Phi) is 5.02. The van der Waals surface area contributed by atoms with Crippen LogP contribution in [0.5, 0.6) is 0 Å². The van der Waals surface area contributed by atoms with Gasteiger partial charge in [0.1, 0.15) is 0 Å². The molecule has 1 N–H and O–H groups in total. The largest absolute Gasteiger partial charge is 0.481 e. The van der Waals surface area contributed by atoms with Crippen molar-refractivity contribution in [2.45, 2.75) is 66.2 Å². The molecule has 0 radical (unpaired) electrons. The second kappa shape index (κ2) is 6.28. The molecule has 2 rings (SSSR count). The third-order valence-corrected chi connectivity index (χ3v) is 6.02. The first-order chi connectivity index (χ1) is 9.73. The molecule has 122 valence electrons. The van der Waals surface area contributed by atoms with Gasteiger partial charge in [-0.05, 0) is 68.9 Å². The minimum absolute atomic E-state index is 0.386. The standard InChI is InChI=1S/C18H33NO2/c1-14-5-9-18(10-6-14,16(20)21)13-19-11-7-15(8-12-19)17(2,3)4/h14-15H,5-13H2,1-4H3,(H,20,21). The van der Waals surface area contributed by atoms with Crippen LogP contribution in [0.3, 0.4) is 0 Å². The summed E-state index contributed by atoms with van der Waals surface area (Å²) >= 11 is 0. The predicted octanol–water partition coefficient (Wildman–Crippen LogP) is 4.03. The fraction of sp³-hybridized carbons (Fsp3) is 0.944. The van der Waals surface area contributed by atoms with Crippen LogP contribution in [0.4, 0.5) is 0 Å². The van der Waals surface area contributed by atoms with Crippen molar-refractivity contribution in [3.8, 4) is 0 Å². The molecule has 1 heterocycles. The molecule has 1 aliphatic carbocycles. The molecule has 1 saturated heterocycles. The van der Waals surface area contributed by atoms with Crippen LogP contribution in [-0.2, 0) is 4.79 Å². The summed E-state index contributed by atoms with van der Waals surface area (Å²) in [6.07, 6.45) is 6.31. The zero-order chi connectivity index (χ0) is 15.7. The first-order valence-electron chi connectivity index (χ1n) is 8.69. The summed E-state index contributed by atoms with van der Waals surface area (Å²) in [6.45, 7) is 12.2. The monoisotopic (exact) mass is 295 g/mol. The lowest BCUT2D eigenvalue weighted by atomic mass is 9.70. The second-order valence-electron chi connectivity index (χ2n) is 8.68. The first-order valence-corrected chi connectivity index (χ1v) is 8.69. The van der Waals surface area contributed by atoms with Gasteiger partial charge >= 0.3 is 5.97 Å². The summed E-state index contributed by atoms with van der Waals surface area (Å²) in [5.41, 5.74) is -0.0854. The molecule has 2 aliphatic rings. The van der Waals surface area contributed by atoms with Crippen molar-refractivity contribution in [2.75, 3.05) is 19.6 Å². The number of hydrogen-bond donors (Lipinski definition) is 1. The van der Waals surface area contributed by atoms with Crippen molar-refractivity contribution >= 4 is 5.97 Å². The highest BCUT2D eigenvalue weighted by molar-refractivity contribution is 5.75. The molecule has 3 nitrogen and oxygen atoms in total.